The fourth-order valence-corrected chi connectivity index (χ4v) is 11.1. The summed E-state index contributed by atoms with van der Waals surface area (Å²) < 4.78 is 18.1. The minimum absolute atomic E-state index is 0.189. The standard InChI is InChI=1S/C39H51N7O5Si/c1-9-49-34(47)30-24-42-36(43-25-30)46-21-20-45(35-40-22-29(23-41-35)26-44(8)37(48)51-38(2,3)4)27-31(46)28-50-52(39(5,6)7,32-16-12-10-13-17-32)33-18-14-11-15-19-33/h10-19,22-25,31H,9,20-21,26-28H2,1-8H3/t31-/m1/s1. The van der Waals surface area contributed by atoms with Crippen LogP contribution in [0.1, 0.15) is 64.4 Å². The first kappa shape index (κ1) is 38.4. The number of hydrogen-bond donors (Lipinski definition) is 0. The zero-order valence-corrected chi connectivity index (χ0v) is 32.6. The highest BCUT2D eigenvalue weighted by Gasteiger charge is 2.51. The number of amides is 1. The molecule has 0 spiro atoms. The van der Waals surface area contributed by atoms with Crippen LogP contribution >= 0.6 is 0 Å². The predicted octanol–water partition coefficient (Wildman–Crippen LogP) is 5.08. The van der Waals surface area contributed by atoms with Crippen LogP contribution in [0, 0.1) is 0 Å². The van der Waals surface area contributed by atoms with E-state index in [1.165, 1.54) is 27.7 Å². The molecule has 1 amide bonds. The van der Waals surface area contributed by atoms with Gasteiger partial charge in [0.2, 0.25) is 11.9 Å². The second kappa shape index (κ2) is 16.2. The first-order chi connectivity index (χ1) is 24.7. The monoisotopic (exact) mass is 725 g/mol. The van der Waals surface area contributed by atoms with Crippen LogP contribution in [0.5, 0.6) is 0 Å². The lowest BCUT2D eigenvalue weighted by atomic mass is 10.2. The molecule has 0 saturated carbocycles. The van der Waals surface area contributed by atoms with Crippen LogP contribution in [0.2, 0.25) is 5.04 Å². The fraction of sp³-hybridized carbons (Fsp3) is 0.436. The van der Waals surface area contributed by atoms with Crippen molar-refractivity contribution in [1.82, 2.24) is 24.8 Å². The predicted molar refractivity (Wildman–Crippen MR) is 205 cm³/mol. The summed E-state index contributed by atoms with van der Waals surface area (Å²) in [5, 5.41) is 2.18. The quantitative estimate of drug-likeness (QED) is 0.152. The summed E-state index contributed by atoms with van der Waals surface area (Å²) in [7, 11) is -1.17. The molecular weight excluding hydrogens is 675 g/mol. The maximum atomic E-state index is 12.5. The van der Waals surface area contributed by atoms with Crippen molar-refractivity contribution in [3.63, 3.8) is 0 Å². The highest BCUT2D eigenvalue weighted by atomic mass is 28.4. The molecule has 12 nitrogen and oxygen atoms in total. The summed E-state index contributed by atoms with van der Waals surface area (Å²) in [6.45, 7) is 16.8. The van der Waals surface area contributed by atoms with Gasteiger partial charge in [0.05, 0.1) is 31.4 Å². The normalized spacial score (nSPS) is 15.3. The lowest BCUT2D eigenvalue weighted by molar-refractivity contribution is 0.0284. The molecule has 0 unspecified atom stereocenters. The molecule has 0 bridgehead atoms. The maximum Gasteiger partial charge on any atom is 0.410 e. The number of carbonyl (C=O) groups excluding carboxylic acids is 2. The molecule has 0 radical (unpaired) electrons. The Labute approximate surface area is 308 Å². The van der Waals surface area contributed by atoms with Crippen LogP contribution in [0.4, 0.5) is 16.7 Å². The van der Waals surface area contributed by atoms with Gasteiger partial charge in [0.15, 0.2) is 0 Å². The highest BCUT2D eigenvalue weighted by Crippen LogP contribution is 2.37. The Bertz CT molecular complexity index is 1730. The van der Waals surface area contributed by atoms with Crippen molar-refractivity contribution in [1.29, 1.82) is 0 Å². The van der Waals surface area contributed by atoms with Crippen molar-refractivity contribution in [2.75, 3.05) is 49.7 Å². The smallest absolute Gasteiger partial charge is 0.410 e. The molecule has 1 aliphatic rings. The number of benzene rings is 2. The Morgan fingerprint density at radius 1 is 0.827 bits per heavy atom. The molecule has 0 aliphatic carbocycles. The van der Waals surface area contributed by atoms with Gasteiger partial charge in [-0.1, -0.05) is 81.4 Å². The first-order valence-electron chi connectivity index (χ1n) is 17.7. The lowest BCUT2D eigenvalue weighted by Crippen LogP contribution is -2.68. The van der Waals surface area contributed by atoms with E-state index in [0.717, 1.165) is 5.56 Å². The van der Waals surface area contributed by atoms with E-state index in [9.17, 15) is 9.59 Å². The van der Waals surface area contributed by atoms with E-state index in [2.05, 4.69) is 89.1 Å². The summed E-state index contributed by atoms with van der Waals surface area (Å²) in [5.41, 5.74) is 0.506. The first-order valence-corrected chi connectivity index (χ1v) is 19.6. The number of anilines is 2. The average molecular weight is 726 g/mol. The molecule has 2 aromatic heterocycles. The topological polar surface area (TPSA) is 123 Å². The number of piperazine rings is 1. The van der Waals surface area contributed by atoms with Gasteiger partial charge in [-0.05, 0) is 43.1 Å². The maximum absolute atomic E-state index is 12.5. The number of rotatable bonds is 11. The van der Waals surface area contributed by atoms with Crippen LogP contribution in [-0.4, -0.2) is 96.8 Å². The van der Waals surface area contributed by atoms with Gasteiger partial charge < -0.3 is 28.6 Å². The molecule has 13 heteroatoms. The van der Waals surface area contributed by atoms with E-state index < -0.39 is 26.0 Å². The zero-order chi connectivity index (χ0) is 37.5. The summed E-state index contributed by atoms with van der Waals surface area (Å²) in [4.78, 5) is 49.4. The van der Waals surface area contributed by atoms with E-state index in [4.69, 9.17) is 23.9 Å². The summed E-state index contributed by atoms with van der Waals surface area (Å²) in [6, 6.07) is 20.9. The van der Waals surface area contributed by atoms with Crippen molar-refractivity contribution >= 4 is 42.7 Å². The molecule has 1 saturated heterocycles. The number of aromatic nitrogens is 4. The molecule has 1 aliphatic heterocycles. The largest absolute Gasteiger partial charge is 0.462 e. The number of carbonyl (C=O) groups is 2. The third-order valence-electron chi connectivity index (χ3n) is 8.90. The van der Waals surface area contributed by atoms with E-state index >= 15 is 0 Å². The van der Waals surface area contributed by atoms with Gasteiger partial charge in [-0.2, -0.15) is 0 Å². The molecule has 276 valence electrons. The highest BCUT2D eigenvalue weighted by molar-refractivity contribution is 6.99. The van der Waals surface area contributed by atoms with Crippen LogP contribution in [0.15, 0.2) is 85.5 Å². The van der Waals surface area contributed by atoms with E-state index in [0.29, 0.717) is 50.2 Å². The van der Waals surface area contributed by atoms with Crippen LogP contribution in [-0.2, 0) is 20.4 Å². The van der Waals surface area contributed by atoms with E-state index in [1.807, 2.05) is 32.9 Å². The Balaban J connectivity index is 1.44. The van der Waals surface area contributed by atoms with Gasteiger partial charge in [0, 0.05) is 57.0 Å². The van der Waals surface area contributed by atoms with Gasteiger partial charge in [0.1, 0.15) is 5.60 Å². The summed E-state index contributed by atoms with van der Waals surface area (Å²) in [6.07, 6.45) is 6.13. The molecule has 3 heterocycles. The fourth-order valence-electron chi connectivity index (χ4n) is 6.49. The van der Waals surface area contributed by atoms with Gasteiger partial charge >= 0.3 is 12.1 Å². The molecule has 2 aromatic carbocycles. The SMILES string of the molecule is CCOC(=O)c1cnc(N2CCN(c3ncc(CN(C)C(=O)OC(C)(C)C)cn3)C[C@@H]2CO[Si](c2ccccc2)(c2ccccc2)C(C)(C)C)nc1. The van der Waals surface area contributed by atoms with E-state index in [-0.39, 0.29) is 17.7 Å². The molecule has 1 fully saturated rings. The Hall–Kier alpha value is -4.88. The number of hydrogen-bond acceptors (Lipinski definition) is 11. The van der Waals surface area contributed by atoms with Crippen molar-refractivity contribution in [3.8, 4) is 0 Å². The Morgan fingerprint density at radius 2 is 1.38 bits per heavy atom. The van der Waals surface area contributed by atoms with Gasteiger partial charge in [-0.15, -0.1) is 0 Å². The van der Waals surface area contributed by atoms with Gasteiger partial charge in [-0.3, -0.25) is 0 Å². The van der Waals surface area contributed by atoms with E-state index in [1.54, 1.807) is 26.4 Å². The Kier molecular flexibility index (Phi) is 11.9. The summed E-state index contributed by atoms with van der Waals surface area (Å²) in [5.74, 6) is 0.630. The minimum atomic E-state index is -2.87. The second-order valence-electron chi connectivity index (χ2n) is 15.0. The number of ether oxygens (including phenoxy) is 2. The molecule has 1 atom stereocenters. The van der Waals surface area contributed by atoms with Crippen LogP contribution in [0.3, 0.4) is 0 Å². The van der Waals surface area contributed by atoms with Crippen molar-refractivity contribution in [2.45, 2.75) is 71.7 Å². The molecule has 4 aromatic rings. The van der Waals surface area contributed by atoms with Crippen molar-refractivity contribution in [2.24, 2.45) is 0 Å². The zero-order valence-electron chi connectivity index (χ0n) is 31.6. The van der Waals surface area contributed by atoms with Crippen LogP contribution in [0.25, 0.3) is 0 Å². The average Bonchev–Trinajstić information content (AvgIpc) is 3.12. The number of nitrogens with zero attached hydrogens (tertiary/aromatic N) is 7. The lowest BCUT2D eigenvalue weighted by Gasteiger charge is -2.46. The molecule has 0 N–H and O–H groups in total. The minimum Gasteiger partial charge on any atom is -0.462 e. The molecule has 52 heavy (non-hydrogen) atoms. The third-order valence-corrected chi connectivity index (χ3v) is 13.9. The van der Waals surface area contributed by atoms with Crippen LogP contribution < -0.4 is 20.2 Å². The Morgan fingerprint density at radius 3 is 1.90 bits per heavy atom. The molecule has 5 rings (SSSR count). The van der Waals surface area contributed by atoms with Crippen molar-refractivity contribution in [3.05, 3.63) is 96.6 Å². The number of esters is 1. The van der Waals surface area contributed by atoms with Gasteiger partial charge in [0.25, 0.3) is 8.32 Å². The third kappa shape index (κ3) is 8.94. The second-order valence-corrected chi connectivity index (χ2v) is 19.3. The van der Waals surface area contributed by atoms with Crippen molar-refractivity contribution < 1.29 is 23.5 Å². The molecular formula is C39H51N7O5Si. The summed E-state index contributed by atoms with van der Waals surface area (Å²) >= 11 is 0. The van der Waals surface area contributed by atoms with Gasteiger partial charge in [-0.25, -0.2) is 29.5 Å².